The van der Waals surface area contributed by atoms with E-state index in [4.69, 9.17) is 0 Å². The minimum Gasteiger partial charge on any atom is -0.175 e. The fourth-order valence-corrected chi connectivity index (χ4v) is 16.2. The molecule has 0 aromatic rings. The number of nitrogens with zero attached hydrogens (tertiary/aromatic N) is 1. The lowest BCUT2D eigenvalue weighted by atomic mass is 11.9. The standard InChI is InChI=1S/C6H18INS3/c1-10(2,3)8(9-7)11(4,5)6/h1-6H3. The number of halogens is 1. The molecule has 0 aromatic carbocycles. The van der Waals surface area contributed by atoms with E-state index in [-0.39, 0.29) is 0 Å². The summed E-state index contributed by atoms with van der Waals surface area (Å²) in [6.07, 6.45) is 14.1. The highest BCUT2D eigenvalue weighted by Crippen LogP contribution is 2.62. The van der Waals surface area contributed by atoms with Crippen LogP contribution < -0.4 is 0 Å². The molecule has 0 aliphatic rings. The molecule has 0 fully saturated rings. The van der Waals surface area contributed by atoms with E-state index in [0.29, 0.717) is 0 Å². The molecule has 72 valence electrons. The van der Waals surface area contributed by atoms with Crippen LogP contribution in [0, 0.1) is 0 Å². The molecule has 11 heavy (non-hydrogen) atoms. The van der Waals surface area contributed by atoms with Crippen LogP contribution in [-0.4, -0.2) is 40.7 Å². The molecule has 0 aromatic heterocycles. The van der Waals surface area contributed by atoms with Crippen LogP contribution in [-0.2, 0) is 0 Å². The Morgan fingerprint density at radius 2 is 1.18 bits per heavy atom. The SMILES string of the molecule is CS(C)(C)N(SI)S(C)(C)C. The minimum atomic E-state index is -0.547. The van der Waals surface area contributed by atoms with Gasteiger partial charge in [0.15, 0.2) is 0 Å². The molecule has 0 rings (SSSR count). The van der Waals surface area contributed by atoms with E-state index in [1.807, 2.05) is 9.12 Å². The summed E-state index contributed by atoms with van der Waals surface area (Å²) in [5.74, 6) is 0. The van der Waals surface area contributed by atoms with Crippen molar-refractivity contribution in [2.75, 3.05) is 37.5 Å². The summed E-state index contributed by atoms with van der Waals surface area (Å²) in [5.41, 5.74) is 0. The molecule has 0 spiro atoms. The maximum Gasteiger partial charge on any atom is 0.0164 e. The first-order chi connectivity index (χ1) is 4.69. The van der Waals surface area contributed by atoms with E-state index in [9.17, 15) is 0 Å². The van der Waals surface area contributed by atoms with Gasteiger partial charge in [-0.2, -0.15) is 23.5 Å². The third kappa shape index (κ3) is 4.50. The van der Waals surface area contributed by atoms with Gasteiger partial charge in [-0.15, -0.1) is 0 Å². The lowest BCUT2D eigenvalue weighted by Crippen LogP contribution is -2.20. The van der Waals surface area contributed by atoms with Crippen molar-refractivity contribution >= 4 is 50.8 Å². The highest BCUT2D eigenvalue weighted by atomic mass is 127. The lowest BCUT2D eigenvalue weighted by molar-refractivity contribution is 1.23. The van der Waals surface area contributed by atoms with Gasteiger partial charge in [-0.3, -0.25) is 0 Å². The van der Waals surface area contributed by atoms with E-state index in [1.54, 1.807) is 0 Å². The minimum absolute atomic E-state index is 0.547. The Labute approximate surface area is 90.7 Å². The second-order valence-corrected chi connectivity index (χ2v) is 14.0. The molecule has 0 unspecified atom stereocenters. The summed E-state index contributed by atoms with van der Waals surface area (Å²) >= 11 is 2.38. The Morgan fingerprint density at radius 3 is 1.18 bits per heavy atom. The summed E-state index contributed by atoms with van der Waals surface area (Å²) < 4.78 is 2.57. The first-order valence-corrected chi connectivity index (χ1v) is 12.1. The van der Waals surface area contributed by atoms with Gasteiger partial charge in [0, 0.05) is 30.3 Å². The van der Waals surface area contributed by atoms with Crippen molar-refractivity contribution in [3.63, 3.8) is 0 Å². The Balaban J connectivity index is 4.43. The molecule has 0 amide bonds. The van der Waals surface area contributed by atoms with Crippen LogP contribution in [0.15, 0.2) is 0 Å². The normalized spacial score (nSPS) is 17.1. The van der Waals surface area contributed by atoms with Crippen molar-refractivity contribution in [2.24, 2.45) is 0 Å². The van der Waals surface area contributed by atoms with E-state index >= 15 is 0 Å². The fourth-order valence-electron chi connectivity index (χ4n) is 0.840. The second-order valence-electron chi connectivity index (χ2n) is 3.84. The maximum atomic E-state index is 2.57. The molecule has 0 heterocycles. The average Bonchev–Trinajstić information content (AvgIpc) is 1.56. The van der Waals surface area contributed by atoms with Crippen LogP contribution in [0.25, 0.3) is 0 Å². The van der Waals surface area contributed by atoms with Gasteiger partial charge in [0.25, 0.3) is 0 Å². The molecule has 0 radical (unpaired) electrons. The largest absolute Gasteiger partial charge is 0.175 e. The zero-order chi connectivity index (χ0) is 9.28. The van der Waals surface area contributed by atoms with Crippen molar-refractivity contribution in [3.8, 4) is 0 Å². The molecule has 0 saturated heterocycles. The first-order valence-electron chi connectivity index (χ1n) is 3.15. The van der Waals surface area contributed by atoms with Crippen molar-refractivity contribution < 1.29 is 0 Å². The molecular formula is C6H18INS3. The molecule has 0 saturated carbocycles. The fraction of sp³-hybridized carbons (Fsp3) is 1.00. The monoisotopic (exact) mass is 327 g/mol. The molecule has 0 bridgehead atoms. The maximum absolute atomic E-state index is 2.57. The molecule has 0 aliphatic heterocycles. The molecular weight excluding hydrogens is 309 g/mol. The highest BCUT2D eigenvalue weighted by molar-refractivity contribution is 14.2. The van der Waals surface area contributed by atoms with Crippen LogP contribution in [0.2, 0.25) is 0 Å². The van der Waals surface area contributed by atoms with Crippen LogP contribution in [0.3, 0.4) is 0 Å². The van der Waals surface area contributed by atoms with Crippen molar-refractivity contribution in [1.82, 2.24) is 3.12 Å². The van der Waals surface area contributed by atoms with E-state index in [0.717, 1.165) is 0 Å². The summed E-state index contributed by atoms with van der Waals surface area (Å²) in [6.45, 7) is 0. The van der Waals surface area contributed by atoms with Gasteiger partial charge >= 0.3 is 0 Å². The van der Waals surface area contributed by atoms with Crippen LogP contribution in [0.5, 0.6) is 0 Å². The van der Waals surface area contributed by atoms with E-state index < -0.39 is 20.4 Å². The van der Waals surface area contributed by atoms with E-state index in [2.05, 4.69) is 61.9 Å². The average molecular weight is 327 g/mol. The summed E-state index contributed by atoms with van der Waals surface area (Å²) in [4.78, 5) is 0. The van der Waals surface area contributed by atoms with Gasteiger partial charge in [0.1, 0.15) is 0 Å². The van der Waals surface area contributed by atoms with Gasteiger partial charge < -0.3 is 0 Å². The Kier molecular flexibility index (Phi) is 4.98. The van der Waals surface area contributed by atoms with Crippen molar-refractivity contribution in [2.45, 2.75) is 0 Å². The Hall–Kier alpha value is 1.74. The topological polar surface area (TPSA) is 3.24 Å². The third-order valence-corrected chi connectivity index (χ3v) is 11.5. The number of hydrogen-bond acceptors (Lipinski definition) is 2. The molecule has 0 aliphatic carbocycles. The molecule has 1 nitrogen and oxygen atoms in total. The number of rotatable bonds is 3. The van der Waals surface area contributed by atoms with Crippen molar-refractivity contribution in [3.05, 3.63) is 0 Å². The Bertz CT molecular complexity index is 113. The lowest BCUT2D eigenvalue weighted by Gasteiger charge is -2.48. The molecule has 0 N–H and O–H groups in total. The van der Waals surface area contributed by atoms with Crippen molar-refractivity contribution in [1.29, 1.82) is 0 Å². The predicted molar refractivity (Wildman–Crippen MR) is 74.2 cm³/mol. The number of hydrogen-bond donors (Lipinski definition) is 0. The van der Waals surface area contributed by atoms with Crippen LogP contribution >= 0.6 is 50.8 Å². The zero-order valence-corrected chi connectivity index (χ0v) is 12.7. The third-order valence-electron chi connectivity index (χ3n) is 0.951. The van der Waals surface area contributed by atoms with Crippen LogP contribution in [0.1, 0.15) is 0 Å². The summed E-state index contributed by atoms with van der Waals surface area (Å²) in [6, 6.07) is 0. The summed E-state index contributed by atoms with van der Waals surface area (Å²) in [5, 5.41) is 0. The van der Waals surface area contributed by atoms with Crippen LogP contribution in [0.4, 0.5) is 0 Å². The van der Waals surface area contributed by atoms with Gasteiger partial charge in [-0.1, -0.05) is 0 Å². The van der Waals surface area contributed by atoms with Gasteiger partial charge in [-0.25, -0.2) is 0 Å². The Morgan fingerprint density at radius 1 is 0.909 bits per heavy atom. The predicted octanol–water partition coefficient (Wildman–Crippen LogP) is 3.50. The first kappa shape index (κ1) is 12.7. The van der Waals surface area contributed by atoms with Gasteiger partial charge in [-0.05, 0) is 37.5 Å². The van der Waals surface area contributed by atoms with Gasteiger partial charge in [0.2, 0.25) is 0 Å². The summed E-state index contributed by atoms with van der Waals surface area (Å²) in [7, 11) is 0.767. The second kappa shape index (κ2) is 4.30. The zero-order valence-electron chi connectivity index (χ0n) is 8.05. The van der Waals surface area contributed by atoms with Gasteiger partial charge in [0.05, 0.1) is 0 Å². The highest BCUT2D eigenvalue weighted by Gasteiger charge is 2.24. The van der Waals surface area contributed by atoms with E-state index in [1.165, 1.54) is 0 Å². The molecule has 5 heteroatoms. The quantitative estimate of drug-likeness (QED) is 0.576. The molecule has 0 atom stereocenters. The smallest absolute Gasteiger partial charge is 0.0164 e.